The minimum Gasteiger partial charge on any atom is -0.494 e. The predicted octanol–water partition coefficient (Wildman–Crippen LogP) is 6.14. The summed E-state index contributed by atoms with van der Waals surface area (Å²) in [6, 6.07) is 20.7. The molecular weight excluding hydrogens is 370 g/mol. The molecule has 0 fully saturated rings. The van der Waals surface area contributed by atoms with Crippen molar-refractivity contribution >= 4 is 38.3 Å². The lowest BCUT2D eigenvalue weighted by Crippen LogP contribution is -1.99. The number of para-hydroxylation sites is 1. The van der Waals surface area contributed by atoms with Crippen LogP contribution in [-0.4, -0.2) is 22.7 Å². The third-order valence-corrected chi connectivity index (χ3v) is 5.74. The molecule has 0 saturated heterocycles. The third-order valence-electron chi connectivity index (χ3n) is 4.66. The lowest BCUT2D eigenvalue weighted by atomic mass is 10.1. The van der Waals surface area contributed by atoms with E-state index in [-0.39, 0.29) is 6.42 Å². The fourth-order valence-electron chi connectivity index (χ4n) is 3.19. The average molecular weight is 391 g/mol. The van der Waals surface area contributed by atoms with E-state index in [9.17, 15) is 4.79 Å². The highest BCUT2D eigenvalue weighted by atomic mass is 32.1. The van der Waals surface area contributed by atoms with Crippen molar-refractivity contribution in [1.29, 1.82) is 0 Å². The topological polar surface area (TPSA) is 59.4 Å². The first-order valence-electron chi connectivity index (χ1n) is 9.43. The highest BCUT2D eigenvalue weighted by Gasteiger charge is 2.07. The standard InChI is InChI=1S/C23H21NO3S/c25-22(26)8-2-1-5-13-27-19-12-11-16-14-18(10-9-17(16)15-19)23-24-20-6-3-4-7-21(20)28-23/h3-4,6-7,9-12,14-15H,1-2,5,8,13H2,(H,25,26). The van der Waals surface area contributed by atoms with Crippen molar-refractivity contribution in [3.63, 3.8) is 0 Å². The number of hydrogen-bond donors (Lipinski definition) is 1. The molecule has 0 amide bonds. The molecule has 0 radical (unpaired) electrons. The minimum absolute atomic E-state index is 0.229. The Morgan fingerprint density at radius 1 is 0.964 bits per heavy atom. The Kier molecular flexibility index (Phi) is 5.53. The van der Waals surface area contributed by atoms with Gasteiger partial charge in [-0.2, -0.15) is 0 Å². The quantitative estimate of drug-likeness (QED) is 0.367. The summed E-state index contributed by atoms with van der Waals surface area (Å²) in [5, 5.41) is 12.0. The van der Waals surface area contributed by atoms with E-state index in [2.05, 4.69) is 36.4 Å². The number of aromatic nitrogens is 1. The normalized spacial score (nSPS) is 11.1. The van der Waals surface area contributed by atoms with Gasteiger partial charge < -0.3 is 9.84 Å². The van der Waals surface area contributed by atoms with Crippen LogP contribution in [0.3, 0.4) is 0 Å². The Morgan fingerprint density at radius 2 is 1.79 bits per heavy atom. The van der Waals surface area contributed by atoms with Gasteiger partial charge in [-0.1, -0.05) is 30.3 Å². The molecule has 28 heavy (non-hydrogen) atoms. The number of benzene rings is 3. The molecule has 142 valence electrons. The molecule has 0 aliphatic heterocycles. The molecule has 0 spiro atoms. The minimum atomic E-state index is -0.735. The van der Waals surface area contributed by atoms with Crippen molar-refractivity contribution in [1.82, 2.24) is 4.98 Å². The molecule has 1 aromatic heterocycles. The van der Waals surface area contributed by atoms with Crippen LogP contribution in [0.15, 0.2) is 60.7 Å². The SMILES string of the molecule is O=C(O)CCCCCOc1ccc2cc(-c3nc4ccccc4s3)ccc2c1. The first-order chi connectivity index (χ1) is 13.7. The van der Waals surface area contributed by atoms with Crippen LogP contribution in [0.25, 0.3) is 31.6 Å². The summed E-state index contributed by atoms with van der Waals surface area (Å²) >= 11 is 1.71. The Labute approximate surface area is 167 Å². The number of carboxylic acids is 1. The van der Waals surface area contributed by atoms with E-state index >= 15 is 0 Å². The zero-order valence-corrected chi connectivity index (χ0v) is 16.2. The molecule has 1 N–H and O–H groups in total. The maximum atomic E-state index is 10.5. The molecule has 0 saturated carbocycles. The van der Waals surface area contributed by atoms with Gasteiger partial charge in [-0.3, -0.25) is 4.79 Å². The van der Waals surface area contributed by atoms with E-state index in [1.165, 1.54) is 4.70 Å². The van der Waals surface area contributed by atoms with Crippen LogP contribution < -0.4 is 4.74 Å². The largest absolute Gasteiger partial charge is 0.494 e. The Hall–Kier alpha value is -2.92. The van der Waals surface area contributed by atoms with Crippen LogP contribution in [0.1, 0.15) is 25.7 Å². The lowest BCUT2D eigenvalue weighted by Gasteiger charge is -2.08. The average Bonchev–Trinajstić information content (AvgIpc) is 3.14. The van der Waals surface area contributed by atoms with Crippen molar-refractivity contribution < 1.29 is 14.6 Å². The maximum absolute atomic E-state index is 10.5. The molecular formula is C23H21NO3S. The number of ether oxygens (including phenoxy) is 1. The molecule has 0 unspecified atom stereocenters. The van der Waals surface area contributed by atoms with E-state index in [4.69, 9.17) is 14.8 Å². The monoisotopic (exact) mass is 391 g/mol. The van der Waals surface area contributed by atoms with Gasteiger partial charge in [0.05, 0.1) is 16.8 Å². The molecule has 0 aliphatic rings. The highest BCUT2D eigenvalue weighted by Crippen LogP contribution is 2.32. The number of rotatable bonds is 8. The fraction of sp³-hybridized carbons (Fsp3) is 0.217. The number of carbonyl (C=O) groups is 1. The number of aliphatic carboxylic acids is 1. The summed E-state index contributed by atoms with van der Waals surface area (Å²) in [5.74, 6) is 0.110. The Bertz CT molecular complexity index is 1090. The van der Waals surface area contributed by atoms with Crippen LogP contribution >= 0.6 is 11.3 Å². The number of thiazole rings is 1. The molecule has 0 bridgehead atoms. The van der Waals surface area contributed by atoms with Crippen LogP contribution in [0, 0.1) is 0 Å². The number of unbranched alkanes of at least 4 members (excludes halogenated alkanes) is 2. The van der Waals surface area contributed by atoms with Crippen molar-refractivity contribution in [2.24, 2.45) is 0 Å². The number of carboxylic acid groups (broad SMARTS) is 1. The van der Waals surface area contributed by atoms with Gasteiger partial charge in [0.25, 0.3) is 0 Å². The lowest BCUT2D eigenvalue weighted by molar-refractivity contribution is -0.137. The van der Waals surface area contributed by atoms with Crippen LogP contribution in [0.4, 0.5) is 0 Å². The van der Waals surface area contributed by atoms with Gasteiger partial charge in [-0.15, -0.1) is 11.3 Å². The first-order valence-corrected chi connectivity index (χ1v) is 10.2. The molecule has 5 heteroatoms. The van der Waals surface area contributed by atoms with Gasteiger partial charge in [-0.05, 0) is 60.4 Å². The fourth-order valence-corrected chi connectivity index (χ4v) is 4.15. The molecule has 0 atom stereocenters. The number of nitrogens with zero attached hydrogens (tertiary/aromatic N) is 1. The van der Waals surface area contributed by atoms with Gasteiger partial charge >= 0.3 is 5.97 Å². The summed E-state index contributed by atoms with van der Waals surface area (Å²) in [6.07, 6.45) is 2.66. The van der Waals surface area contributed by atoms with Crippen molar-refractivity contribution in [3.8, 4) is 16.3 Å². The smallest absolute Gasteiger partial charge is 0.303 e. The summed E-state index contributed by atoms with van der Waals surface area (Å²) in [5.41, 5.74) is 2.16. The zero-order chi connectivity index (χ0) is 19.3. The number of fused-ring (bicyclic) bond motifs is 2. The van der Waals surface area contributed by atoms with Crippen molar-refractivity contribution in [2.75, 3.05) is 6.61 Å². The van der Waals surface area contributed by atoms with Gasteiger partial charge in [-0.25, -0.2) is 4.98 Å². The second-order valence-corrected chi connectivity index (χ2v) is 7.79. The van der Waals surface area contributed by atoms with Gasteiger partial charge in [0.2, 0.25) is 0 Å². The predicted molar refractivity (Wildman–Crippen MR) is 114 cm³/mol. The van der Waals surface area contributed by atoms with E-state index in [0.717, 1.165) is 45.5 Å². The summed E-state index contributed by atoms with van der Waals surface area (Å²) in [7, 11) is 0. The molecule has 0 aliphatic carbocycles. The Balaban J connectivity index is 1.43. The molecule has 4 rings (SSSR count). The van der Waals surface area contributed by atoms with Gasteiger partial charge in [0, 0.05) is 12.0 Å². The van der Waals surface area contributed by atoms with Crippen LogP contribution in [0.2, 0.25) is 0 Å². The summed E-state index contributed by atoms with van der Waals surface area (Å²) in [4.78, 5) is 15.2. The number of hydrogen-bond acceptors (Lipinski definition) is 4. The molecule has 4 aromatic rings. The van der Waals surface area contributed by atoms with Crippen LogP contribution in [0.5, 0.6) is 5.75 Å². The van der Waals surface area contributed by atoms with E-state index in [1.807, 2.05) is 24.3 Å². The second kappa shape index (κ2) is 8.40. The Morgan fingerprint density at radius 3 is 2.64 bits per heavy atom. The zero-order valence-electron chi connectivity index (χ0n) is 15.4. The van der Waals surface area contributed by atoms with Gasteiger partial charge in [0.1, 0.15) is 10.8 Å². The van der Waals surface area contributed by atoms with E-state index in [0.29, 0.717) is 13.0 Å². The van der Waals surface area contributed by atoms with Gasteiger partial charge in [0.15, 0.2) is 0 Å². The van der Waals surface area contributed by atoms with Crippen molar-refractivity contribution in [2.45, 2.75) is 25.7 Å². The second-order valence-electron chi connectivity index (χ2n) is 6.76. The van der Waals surface area contributed by atoms with Crippen molar-refractivity contribution in [3.05, 3.63) is 60.7 Å². The highest BCUT2D eigenvalue weighted by molar-refractivity contribution is 7.21. The molecule has 3 aromatic carbocycles. The van der Waals surface area contributed by atoms with Crippen LogP contribution in [-0.2, 0) is 4.79 Å². The first kappa shape index (κ1) is 18.4. The van der Waals surface area contributed by atoms with E-state index < -0.39 is 5.97 Å². The molecule has 4 nitrogen and oxygen atoms in total. The van der Waals surface area contributed by atoms with E-state index in [1.54, 1.807) is 11.3 Å². The summed E-state index contributed by atoms with van der Waals surface area (Å²) < 4.78 is 7.02. The molecule has 1 heterocycles. The summed E-state index contributed by atoms with van der Waals surface area (Å²) in [6.45, 7) is 0.606. The third kappa shape index (κ3) is 4.31. The maximum Gasteiger partial charge on any atom is 0.303 e.